The normalized spacial score (nSPS) is 11.6. The van der Waals surface area contributed by atoms with E-state index in [1.807, 2.05) is 0 Å². The van der Waals surface area contributed by atoms with E-state index in [4.69, 9.17) is 9.47 Å². The number of hydrogen-bond acceptors (Lipinski definition) is 6. The van der Waals surface area contributed by atoms with Crippen LogP contribution in [0.2, 0.25) is 0 Å². The Kier molecular flexibility index (Phi) is 7.94. The van der Waals surface area contributed by atoms with Crippen molar-refractivity contribution in [2.45, 2.75) is 26.4 Å². The number of ether oxygens (including phenoxy) is 2. The van der Waals surface area contributed by atoms with Crippen LogP contribution >= 0.6 is 0 Å². The van der Waals surface area contributed by atoms with Gasteiger partial charge in [-0.2, -0.15) is 22.9 Å². The highest BCUT2D eigenvalue weighted by Gasteiger charge is 2.31. The molecular formula is C29H24F3N3O4. The number of halogens is 3. The van der Waals surface area contributed by atoms with Crippen LogP contribution in [-0.4, -0.2) is 28.5 Å². The number of aromatic nitrogens is 2. The van der Waals surface area contributed by atoms with E-state index in [1.54, 1.807) is 49.4 Å². The fourth-order valence-electron chi connectivity index (χ4n) is 3.96. The fourth-order valence-corrected chi connectivity index (χ4v) is 3.96. The van der Waals surface area contributed by atoms with E-state index < -0.39 is 23.3 Å². The molecule has 4 rings (SSSR count). The topological polar surface area (TPSA) is 82.8 Å². The Balaban J connectivity index is 1.91. The average molecular weight is 536 g/mol. The number of carbonyl (C=O) groups excluding carboxylic acids is 1. The molecule has 39 heavy (non-hydrogen) atoms. The molecular weight excluding hydrogens is 511 g/mol. The number of alkyl halides is 3. The van der Waals surface area contributed by atoms with Gasteiger partial charge in [0.1, 0.15) is 0 Å². The van der Waals surface area contributed by atoms with Gasteiger partial charge in [0.15, 0.2) is 17.3 Å². The van der Waals surface area contributed by atoms with Crippen LogP contribution in [0.15, 0.2) is 83.2 Å². The number of nitrogens with zero attached hydrogens (tertiary/aromatic N) is 3. The number of para-hydroxylation sites is 1. The molecule has 0 atom stereocenters. The molecule has 0 saturated carbocycles. The number of carbonyl (C=O) groups is 1. The van der Waals surface area contributed by atoms with Crippen LogP contribution < -0.4 is 15.0 Å². The second-order valence-corrected chi connectivity index (χ2v) is 8.42. The highest BCUT2D eigenvalue weighted by Crippen LogP contribution is 2.34. The van der Waals surface area contributed by atoms with Gasteiger partial charge in [-0.05, 0) is 55.3 Å². The van der Waals surface area contributed by atoms with Gasteiger partial charge < -0.3 is 9.47 Å². The SMILES string of the molecule is C=CCc1cc(C=Nn2c(-c3cccc(C(F)(F)F)c3)nc3ccccc3c2=O)cc(OCC)c1OC(C)=O. The number of benzene rings is 3. The molecule has 0 amide bonds. The van der Waals surface area contributed by atoms with Gasteiger partial charge in [-0.25, -0.2) is 4.98 Å². The summed E-state index contributed by atoms with van der Waals surface area (Å²) in [4.78, 5) is 29.6. The summed E-state index contributed by atoms with van der Waals surface area (Å²) in [7, 11) is 0. The number of hydrogen-bond donors (Lipinski definition) is 0. The van der Waals surface area contributed by atoms with Crippen LogP contribution in [-0.2, 0) is 17.4 Å². The van der Waals surface area contributed by atoms with Crippen molar-refractivity contribution in [3.05, 3.63) is 100 Å². The van der Waals surface area contributed by atoms with E-state index in [2.05, 4.69) is 16.7 Å². The lowest BCUT2D eigenvalue weighted by Crippen LogP contribution is -2.20. The summed E-state index contributed by atoms with van der Waals surface area (Å²) < 4.78 is 52.3. The largest absolute Gasteiger partial charge is 0.490 e. The smallest absolute Gasteiger partial charge is 0.416 e. The zero-order chi connectivity index (χ0) is 28.2. The van der Waals surface area contributed by atoms with Crippen molar-refractivity contribution in [1.82, 2.24) is 9.66 Å². The molecule has 0 aliphatic carbocycles. The van der Waals surface area contributed by atoms with E-state index in [1.165, 1.54) is 25.3 Å². The zero-order valence-corrected chi connectivity index (χ0v) is 21.2. The van der Waals surface area contributed by atoms with Crippen molar-refractivity contribution in [3.8, 4) is 22.9 Å². The van der Waals surface area contributed by atoms with E-state index in [0.717, 1.165) is 16.8 Å². The van der Waals surface area contributed by atoms with Crippen LogP contribution in [0.1, 0.15) is 30.5 Å². The van der Waals surface area contributed by atoms with Gasteiger partial charge in [0.05, 0.1) is 29.3 Å². The molecule has 0 N–H and O–H groups in total. The minimum absolute atomic E-state index is 0.0612. The summed E-state index contributed by atoms with van der Waals surface area (Å²) in [5.74, 6) is -0.0534. The molecule has 0 bridgehead atoms. The maximum atomic E-state index is 13.4. The first-order valence-corrected chi connectivity index (χ1v) is 11.9. The summed E-state index contributed by atoms with van der Waals surface area (Å²) in [5, 5.41) is 4.58. The minimum atomic E-state index is -4.58. The van der Waals surface area contributed by atoms with Crippen molar-refractivity contribution in [2.24, 2.45) is 5.10 Å². The van der Waals surface area contributed by atoms with Crippen LogP contribution in [0, 0.1) is 0 Å². The number of fused-ring (bicyclic) bond motifs is 1. The molecule has 0 radical (unpaired) electrons. The third kappa shape index (κ3) is 6.06. The molecule has 0 spiro atoms. The molecule has 1 aromatic heterocycles. The monoisotopic (exact) mass is 535 g/mol. The quantitative estimate of drug-likeness (QED) is 0.119. The van der Waals surface area contributed by atoms with Gasteiger partial charge in [0.25, 0.3) is 5.56 Å². The first kappa shape index (κ1) is 27.3. The van der Waals surface area contributed by atoms with Gasteiger partial charge in [-0.1, -0.05) is 30.3 Å². The van der Waals surface area contributed by atoms with Crippen LogP contribution in [0.3, 0.4) is 0 Å². The van der Waals surface area contributed by atoms with Crippen LogP contribution in [0.5, 0.6) is 11.5 Å². The average Bonchev–Trinajstić information content (AvgIpc) is 2.89. The van der Waals surface area contributed by atoms with Crippen molar-refractivity contribution in [3.63, 3.8) is 0 Å². The lowest BCUT2D eigenvalue weighted by Gasteiger charge is -2.15. The van der Waals surface area contributed by atoms with Gasteiger partial charge >= 0.3 is 12.1 Å². The Labute approximate surface area is 221 Å². The van der Waals surface area contributed by atoms with Gasteiger partial charge in [-0.15, -0.1) is 6.58 Å². The number of allylic oxidation sites excluding steroid dienone is 1. The second-order valence-electron chi connectivity index (χ2n) is 8.42. The van der Waals surface area contributed by atoms with Crippen molar-refractivity contribution in [2.75, 3.05) is 6.61 Å². The molecule has 1 heterocycles. The Morgan fingerprint density at radius 3 is 2.59 bits per heavy atom. The third-order valence-electron chi connectivity index (χ3n) is 5.59. The minimum Gasteiger partial charge on any atom is -0.490 e. The molecule has 4 aromatic rings. The summed E-state index contributed by atoms with van der Waals surface area (Å²) in [5.41, 5.74) is 0.0267. The zero-order valence-electron chi connectivity index (χ0n) is 21.2. The summed E-state index contributed by atoms with van der Waals surface area (Å²) in [6, 6.07) is 14.3. The predicted octanol–water partition coefficient (Wildman–Crippen LogP) is 6.02. The van der Waals surface area contributed by atoms with E-state index in [9.17, 15) is 22.8 Å². The molecule has 0 aliphatic rings. The molecule has 3 aromatic carbocycles. The number of esters is 1. The van der Waals surface area contributed by atoms with Crippen molar-refractivity contribution < 1.29 is 27.4 Å². The Morgan fingerprint density at radius 2 is 1.90 bits per heavy atom. The Bertz CT molecular complexity index is 1640. The van der Waals surface area contributed by atoms with Gasteiger partial charge in [0.2, 0.25) is 0 Å². The van der Waals surface area contributed by atoms with Crippen LogP contribution in [0.25, 0.3) is 22.3 Å². The highest BCUT2D eigenvalue weighted by molar-refractivity contribution is 5.84. The van der Waals surface area contributed by atoms with Crippen molar-refractivity contribution in [1.29, 1.82) is 0 Å². The predicted molar refractivity (Wildman–Crippen MR) is 142 cm³/mol. The van der Waals surface area contributed by atoms with Gasteiger partial charge in [-0.3, -0.25) is 9.59 Å². The van der Waals surface area contributed by atoms with Crippen LogP contribution in [0.4, 0.5) is 13.2 Å². The van der Waals surface area contributed by atoms with E-state index in [-0.39, 0.29) is 34.9 Å². The molecule has 10 heteroatoms. The number of rotatable bonds is 8. The van der Waals surface area contributed by atoms with Crippen molar-refractivity contribution >= 4 is 23.1 Å². The third-order valence-corrected chi connectivity index (χ3v) is 5.59. The molecule has 0 saturated heterocycles. The van der Waals surface area contributed by atoms with E-state index in [0.29, 0.717) is 23.1 Å². The first-order chi connectivity index (χ1) is 18.6. The molecule has 7 nitrogen and oxygen atoms in total. The maximum absolute atomic E-state index is 13.4. The molecule has 200 valence electrons. The Morgan fingerprint density at radius 1 is 1.13 bits per heavy atom. The standard InChI is InChI=1S/C29H24F3N3O4/c1-4-9-20-14-19(15-25(38-5-2)26(20)39-18(3)36)17-33-35-27(21-10-8-11-22(16-21)29(30,31)32)34-24-13-7-6-12-23(24)28(35)37/h4,6-8,10-17H,1,5,9H2,2-3H3. The molecule has 0 fully saturated rings. The lowest BCUT2D eigenvalue weighted by atomic mass is 10.1. The molecule has 0 unspecified atom stereocenters. The lowest BCUT2D eigenvalue weighted by molar-refractivity contribution is -0.137. The summed E-state index contributed by atoms with van der Waals surface area (Å²) >= 11 is 0. The fraction of sp³-hybridized carbons (Fsp3) is 0.172. The maximum Gasteiger partial charge on any atom is 0.416 e. The second kappa shape index (κ2) is 11.3. The van der Waals surface area contributed by atoms with Gasteiger partial charge in [0, 0.05) is 18.1 Å². The van der Waals surface area contributed by atoms with E-state index >= 15 is 0 Å². The molecule has 0 aliphatic heterocycles. The highest BCUT2D eigenvalue weighted by atomic mass is 19.4. The summed E-state index contributed by atoms with van der Waals surface area (Å²) in [6.45, 7) is 7.07. The Hall–Kier alpha value is -4.73. The summed E-state index contributed by atoms with van der Waals surface area (Å²) in [6.07, 6.45) is -1.25. The first-order valence-electron chi connectivity index (χ1n) is 11.9.